The van der Waals surface area contributed by atoms with E-state index >= 15 is 0 Å². The summed E-state index contributed by atoms with van der Waals surface area (Å²) >= 11 is 0. The number of carbonyl (C=O) groups is 2. The molecule has 1 fully saturated rings. The lowest BCUT2D eigenvalue weighted by atomic mass is 9.88. The third-order valence-electron chi connectivity index (χ3n) is 4.87. The molecule has 1 atom stereocenters. The summed E-state index contributed by atoms with van der Waals surface area (Å²) in [5.41, 5.74) is 1.95. The van der Waals surface area contributed by atoms with Crippen molar-refractivity contribution in [3.05, 3.63) is 71.8 Å². The quantitative estimate of drug-likeness (QED) is 0.773. The Hall–Kier alpha value is -2.62. The lowest BCUT2D eigenvalue weighted by Crippen LogP contribution is -2.45. The van der Waals surface area contributed by atoms with Crippen molar-refractivity contribution in [3.63, 3.8) is 0 Å². The predicted octanol–water partition coefficient (Wildman–Crippen LogP) is 3.62. The average Bonchev–Trinajstić information content (AvgIpc) is 2.70. The van der Waals surface area contributed by atoms with E-state index in [4.69, 9.17) is 4.74 Å². The maximum Gasteiger partial charge on any atom is 0.310 e. The highest BCUT2D eigenvalue weighted by Crippen LogP contribution is 2.29. The second-order valence-electron chi connectivity index (χ2n) is 6.63. The molecule has 2 aromatic carbocycles. The lowest BCUT2D eigenvalue weighted by molar-refractivity contribution is -0.151. The molecule has 0 unspecified atom stereocenters. The summed E-state index contributed by atoms with van der Waals surface area (Å²) < 4.78 is 5.16. The molecule has 1 aliphatic heterocycles. The van der Waals surface area contributed by atoms with Crippen LogP contribution in [-0.2, 0) is 14.3 Å². The van der Waals surface area contributed by atoms with Gasteiger partial charge in [-0.25, -0.2) is 0 Å². The summed E-state index contributed by atoms with van der Waals surface area (Å²) in [4.78, 5) is 27.3. The van der Waals surface area contributed by atoms with Crippen molar-refractivity contribution in [1.82, 2.24) is 4.90 Å². The number of carbonyl (C=O) groups excluding carboxylic acids is 2. The molecular formula is C22H25NO3. The molecule has 0 spiro atoms. The molecular weight excluding hydrogens is 326 g/mol. The number of hydrogen-bond donors (Lipinski definition) is 0. The first kappa shape index (κ1) is 18.2. The fourth-order valence-corrected chi connectivity index (χ4v) is 3.58. The molecule has 3 rings (SSSR count). The minimum absolute atomic E-state index is 0.0522. The van der Waals surface area contributed by atoms with Gasteiger partial charge in [0, 0.05) is 13.1 Å². The number of benzene rings is 2. The van der Waals surface area contributed by atoms with Crippen molar-refractivity contribution in [3.8, 4) is 0 Å². The zero-order valence-corrected chi connectivity index (χ0v) is 15.1. The van der Waals surface area contributed by atoms with Gasteiger partial charge in [0.2, 0.25) is 5.91 Å². The van der Waals surface area contributed by atoms with E-state index in [-0.39, 0.29) is 23.7 Å². The summed E-state index contributed by atoms with van der Waals surface area (Å²) in [5.74, 6) is -0.712. The van der Waals surface area contributed by atoms with E-state index in [2.05, 4.69) is 0 Å². The van der Waals surface area contributed by atoms with Crippen LogP contribution in [0.4, 0.5) is 0 Å². The van der Waals surface area contributed by atoms with Crippen molar-refractivity contribution in [2.24, 2.45) is 5.92 Å². The molecule has 4 nitrogen and oxygen atoms in total. The zero-order chi connectivity index (χ0) is 18.4. The molecule has 0 N–H and O–H groups in total. The molecule has 0 bridgehead atoms. The summed E-state index contributed by atoms with van der Waals surface area (Å²) in [7, 11) is 0. The smallest absolute Gasteiger partial charge is 0.310 e. The Morgan fingerprint density at radius 2 is 1.62 bits per heavy atom. The molecule has 136 valence electrons. The van der Waals surface area contributed by atoms with E-state index in [0.717, 1.165) is 24.0 Å². The van der Waals surface area contributed by atoms with Crippen LogP contribution in [0, 0.1) is 5.92 Å². The number of hydrogen-bond acceptors (Lipinski definition) is 3. The largest absolute Gasteiger partial charge is 0.466 e. The third kappa shape index (κ3) is 4.13. The monoisotopic (exact) mass is 351 g/mol. The molecule has 1 aliphatic rings. The van der Waals surface area contributed by atoms with Crippen LogP contribution < -0.4 is 0 Å². The van der Waals surface area contributed by atoms with Gasteiger partial charge in [0.05, 0.1) is 18.4 Å². The molecule has 1 saturated heterocycles. The summed E-state index contributed by atoms with van der Waals surface area (Å²) in [6.45, 7) is 3.31. The molecule has 0 radical (unpaired) electrons. The molecule has 2 aromatic rings. The van der Waals surface area contributed by atoms with Crippen molar-refractivity contribution in [2.75, 3.05) is 19.7 Å². The Morgan fingerprint density at radius 3 is 2.15 bits per heavy atom. The molecule has 4 heteroatoms. The fraction of sp³-hybridized carbons (Fsp3) is 0.364. The summed E-state index contributed by atoms with van der Waals surface area (Å²) in [6.07, 6.45) is 1.61. The van der Waals surface area contributed by atoms with Gasteiger partial charge in [0.15, 0.2) is 0 Å². The van der Waals surface area contributed by atoms with Crippen LogP contribution in [0.3, 0.4) is 0 Å². The first-order valence-electron chi connectivity index (χ1n) is 9.26. The topological polar surface area (TPSA) is 46.6 Å². The van der Waals surface area contributed by atoms with Gasteiger partial charge in [-0.05, 0) is 30.9 Å². The normalized spacial score (nSPS) is 17.2. The van der Waals surface area contributed by atoms with Crippen LogP contribution in [0.15, 0.2) is 60.7 Å². The number of likely N-dealkylation sites (tertiary alicyclic amines) is 1. The van der Waals surface area contributed by atoms with E-state index in [0.29, 0.717) is 19.7 Å². The highest BCUT2D eigenvalue weighted by Gasteiger charge is 2.33. The molecule has 0 aliphatic carbocycles. The van der Waals surface area contributed by atoms with Gasteiger partial charge in [-0.3, -0.25) is 9.59 Å². The number of rotatable bonds is 5. The number of ether oxygens (including phenoxy) is 1. The second kappa shape index (κ2) is 8.65. The third-order valence-corrected chi connectivity index (χ3v) is 4.87. The first-order valence-corrected chi connectivity index (χ1v) is 9.26. The number of esters is 1. The van der Waals surface area contributed by atoms with E-state index in [9.17, 15) is 9.59 Å². The minimum Gasteiger partial charge on any atom is -0.466 e. The first-order chi connectivity index (χ1) is 12.7. The maximum atomic E-state index is 13.4. The van der Waals surface area contributed by atoms with Crippen LogP contribution in [0.1, 0.15) is 36.8 Å². The predicted molar refractivity (Wildman–Crippen MR) is 101 cm³/mol. The Labute approximate surface area is 154 Å². The van der Waals surface area contributed by atoms with Crippen LogP contribution in [-0.4, -0.2) is 36.5 Å². The van der Waals surface area contributed by atoms with Crippen molar-refractivity contribution in [2.45, 2.75) is 25.7 Å². The maximum absolute atomic E-state index is 13.4. The Balaban J connectivity index is 1.85. The Kier molecular flexibility index (Phi) is 6.05. The van der Waals surface area contributed by atoms with E-state index < -0.39 is 0 Å². The van der Waals surface area contributed by atoms with Crippen molar-refractivity contribution in [1.29, 1.82) is 0 Å². The minimum atomic E-state index is -0.349. The van der Waals surface area contributed by atoms with Crippen LogP contribution >= 0.6 is 0 Å². The van der Waals surface area contributed by atoms with E-state index in [1.807, 2.05) is 72.5 Å². The number of piperidine rings is 1. The average molecular weight is 351 g/mol. The summed E-state index contributed by atoms with van der Waals surface area (Å²) in [6, 6.07) is 19.7. The van der Waals surface area contributed by atoms with Crippen LogP contribution in [0.2, 0.25) is 0 Å². The molecule has 1 heterocycles. The van der Waals surface area contributed by atoms with Gasteiger partial charge in [0.25, 0.3) is 0 Å². The molecule has 1 amide bonds. The molecule has 26 heavy (non-hydrogen) atoms. The highest BCUT2D eigenvalue weighted by molar-refractivity contribution is 5.88. The molecule has 0 saturated carbocycles. The van der Waals surface area contributed by atoms with Gasteiger partial charge in [0.1, 0.15) is 0 Å². The van der Waals surface area contributed by atoms with Gasteiger partial charge >= 0.3 is 5.97 Å². The standard InChI is InChI=1S/C22H25NO3/c1-2-26-22(25)19-14-9-15-23(16-19)21(24)20(17-10-5-3-6-11-17)18-12-7-4-8-13-18/h3-8,10-13,19-20H,2,9,14-16H2,1H3/t19-/m0/s1. The SMILES string of the molecule is CCOC(=O)[C@H]1CCCN(C(=O)C(c2ccccc2)c2ccccc2)C1. The van der Waals surface area contributed by atoms with Gasteiger partial charge in [-0.2, -0.15) is 0 Å². The number of nitrogens with zero attached hydrogens (tertiary/aromatic N) is 1. The zero-order valence-electron chi connectivity index (χ0n) is 15.1. The lowest BCUT2D eigenvalue weighted by Gasteiger charge is -2.34. The van der Waals surface area contributed by atoms with E-state index in [1.165, 1.54) is 0 Å². The second-order valence-corrected chi connectivity index (χ2v) is 6.63. The van der Waals surface area contributed by atoms with Crippen LogP contribution in [0.5, 0.6) is 0 Å². The summed E-state index contributed by atoms with van der Waals surface area (Å²) in [5, 5.41) is 0. The van der Waals surface area contributed by atoms with Gasteiger partial charge < -0.3 is 9.64 Å². The number of amides is 1. The Bertz CT molecular complexity index is 690. The van der Waals surface area contributed by atoms with E-state index in [1.54, 1.807) is 0 Å². The van der Waals surface area contributed by atoms with Crippen LogP contribution in [0.25, 0.3) is 0 Å². The molecule has 0 aromatic heterocycles. The van der Waals surface area contributed by atoms with Crippen molar-refractivity contribution >= 4 is 11.9 Å². The fourth-order valence-electron chi connectivity index (χ4n) is 3.58. The van der Waals surface area contributed by atoms with Gasteiger partial charge in [-0.1, -0.05) is 60.7 Å². The highest BCUT2D eigenvalue weighted by atomic mass is 16.5. The van der Waals surface area contributed by atoms with Crippen molar-refractivity contribution < 1.29 is 14.3 Å². The Morgan fingerprint density at radius 1 is 1.04 bits per heavy atom. The van der Waals surface area contributed by atoms with Gasteiger partial charge in [-0.15, -0.1) is 0 Å².